The second-order valence-electron chi connectivity index (χ2n) is 4.72. The summed E-state index contributed by atoms with van der Waals surface area (Å²) < 4.78 is 26.7. The average Bonchev–Trinajstić information content (AvgIpc) is 2.50. The third-order valence-electron chi connectivity index (χ3n) is 3.18. The average molecular weight is 299 g/mol. The highest BCUT2D eigenvalue weighted by Gasteiger charge is 2.14. The maximum Gasteiger partial charge on any atom is 0.274 e. The number of nitrogens with two attached hydrogens (primary N) is 1. The fourth-order valence-electron chi connectivity index (χ4n) is 2.15. The van der Waals surface area contributed by atoms with Crippen molar-refractivity contribution in [3.05, 3.63) is 66.0 Å². The Morgan fingerprint density at radius 3 is 2.73 bits per heavy atom. The summed E-state index contributed by atoms with van der Waals surface area (Å²) in [7, 11) is 0. The summed E-state index contributed by atoms with van der Waals surface area (Å²) in [4.78, 5) is 16.3. The van der Waals surface area contributed by atoms with Crippen LogP contribution in [0.2, 0.25) is 0 Å². The molecule has 0 spiro atoms. The molecule has 3 rings (SSSR count). The van der Waals surface area contributed by atoms with E-state index in [4.69, 9.17) is 5.73 Å². The number of nitrogens with one attached hydrogen (secondary N) is 1. The number of aromatic nitrogens is 1. The van der Waals surface area contributed by atoms with Gasteiger partial charge in [-0.15, -0.1) is 0 Å². The van der Waals surface area contributed by atoms with E-state index in [0.717, 1.165) is 23.6 Å². The molecule has 0 radical (unpaired) electrons. The SMILES string of the molecule is Nc1ccc2c(C(=O)Nc3cc(F)ccc3F)nccc2c1. The van der Waals surface area contributed by atoms with Crippen LogP contribution in [0, 0.1) is 11.6 Å². The minimum absolute atomic E-state index is 0.112. The Labute approximate surface area is 124 Å². The summed E-state index contributed by atoms with van der Waals surface area (Å²) in [5.41, 5.74) is 6.13. The van der Waals surface area contributed by atoms with Crippen molar-refractivity contribution in [2.24, 2.45) is 0 Å². The van der Waals surface area contributed by atoms with E-state index in [1.165, 1.54) is 6.20 Å². The molecule has 0 aliphatic heterocycles. The molecule has 1 amide bonds. The van der Waals surface area contributed by atoms with Crippen LogP contribution in [0.3, 0.4) is 0 Å². The molecule has 0 saturated carbocycles. The molecule has 22 heavy (non-hydrogen) atoms. The smallest absolute Gasteiger partial charge is 0.274 e. The number of hydrogen-bond acceptors (Lipinski definition) is 3. The zero-order valence-corrected chi connectivity index (χ0v) is 11.3. The van der Waals surface area contributed by atoms with Crippen molar-refractivity contribution in [1.29, 1.82) is 0 Å². The summed E-state index contributed by atoms with van der Waals surface area (Å²) >= 11 is 0. The summed E-state index contributed by atoms with van der Waals surface area (Å²) in [6.07, 6.45) is 1.46. The van der Waals surface area contributed by atoms with Crippen LogP contribution in [0.5, 0.6) is 0 Å². The fourth-order valence-corrected chi connectivity index (χ4v) is 2.15. The van der Waals surface area contributed by atoms with Crippen LogP contribution in [0.15, 0.2) is 48.7 Å². The number of hydrogen-bond donors (Lipinski definition) is 2. The molecule has 0 bridgehead atoms. The molecular formula is C16H11F2N3O. The Morgan fingerprint density at radius 2 is 1.91 bits per heavy atom. The van der Waals surface area contributed by atoms with Gasteiger partial charge in [-0.05, 0) is 41.8 Å². The first-order chi connectivity index (χ1) is 10.5. The molecule has 1 aromatic heterocycles. The van der Waals surface area contributed by atoms with E-state index in [9.17, 15) is 13.6 Å². The Hall–Kier alpha value is -3.02. The Balaban J connectivity index is 2.00. The number of carbonyl (C=O) groups excluding carboxylic acids is 1. The van der Waals surface area contributed by atoms with Gasteiger partial charge in [0.05, 0.1) is 5.69 Å². The molecule has 4 nitrogen and oxygen atoms in total. The van der Waals surface area contributed by atoms with Gasteiger partial charge in [-0.2, -0.15) is 0 Å². The van der Waals surface area contributed by atoms with Crippen LogP contribution in [0.25, 0.3) is 10.8 Å². The zero-order valence-electron chi connectivity index (χ0n) is 11.3. The van der Waals surface area contributed by atoms with Crippen molar-refractivity contribution in [1.82, 2.24) is 4.98 Å². The van der Waals surface area contributed by atoms with E-state index in [1.807, 2.05) is 0 Å². The van der Waals surface area contributed by atoms with Crippen molar-refractivity contribution in [2.75, 3.05) is 11.1 Å². The number of carbonyl (C=O) groups is 1. The summed E-state index contributed by atoms with van der Waals surface area (Å²) in [5, 5.41) is 3.64. The molecule has 3 aromatic rings. The molecular weight excluding hydrogens is 288 g/mol. The summed E-state index contributed by atoms with van der Waals surface area (Å²) in [5.74, 6) is -1.99. The van der Waals surface area contributed by atoms with Gasteiger partial charge in [-0.25, -0.2) is 8.78 Å². The zero-order chi connectivity index (χ0) is 15.7. The van der Waals surface area contributed by atoms with E-state index >= 15 is 0 Å². The normalized spacial score (nSPS) is 10.6. The van der Waals surface area contributed by atoms with E-state index in [1.54, 1.807) is 24.3 Å². The second-order valence-corrected chi connectivity index (χ2v) is 4.72. The number of benzene rings is 2. The van der Waals surface area contributed by atoms with E-state index < -0.39 is 17.5 Å². The van der Waals surface area contributed by atoms with Gasteiger partial charge < -0.3 is 11.1 Å². The fraction of sp³-hybridized carbons (Fsp3) is 0. The Kier molecular flexibility index (Phi) is 3.42. The highest BCUT2D eigenvalue weighted by molar-refractivity contribution is 6.11. The molecule has 6 heteroatoms. The third kappa shape index (κ3) is 2.58. The molecule has 1 heterocycles. The van der Waals surface area contributed by atoms with Crippen LogP contribution in [-0.2, 0) is 0 Å². The minimum Gasteiger partial charge on any atom is -0.399 e. The van der Waals surface area contributed by atoms with E-state index in [-0.39, 0.29) is 11.4 Å². The van der Waals surface area contributed by atoms with Gasteiger partial charge >= 0.3 is 0 Å². The molecule has 3 N–H and O–H groups in total. The number of rotatable bonds is 2. The number of nitrogens with zero attached hydrogens (tertiary/aromatic N) is 1. The van der Waals surface area contributed by atoms with Crippen molar-refractivity contribution in [2.45, 2.75) is 0 Å². The molecule has 0 saturated heterocycles. The van der Waals surface area contributed by atoms with Crippen molar-refractivity contribution < 1.29 is 13.6 Å². The largest absolute Gasteiger partial charge is 0.399 e. The highest BCUT2D eigenvalue weighted by Crippen LogP contribution is 2.22. The van der Waals surface area contributed by atoms with Crippen LogP contribution >= 0.6 is 0 Å². The summed E-state index contributed by atoms with van der Waals surface area (Å²) in [6, 6.07) is 9.56. The standard InChI is InChI=1S/C16H11F2N3O/c17-10-1-4-13(18)14(8-10)21-16(22)15-12-3-2-11(19)7-9(12)5-6-20-15/h1-8H,19H2,(H,21,22). The summed E-state index contributed by atoms with van der Waals surface area (Å²) in [6.45, 7) is 0. The van der Waals surface area contributed by atoms with Gasteiger partial charge in [0, 0.05) is 23.3 Å². The van der Waals surface area contributed by atoms with Gasteiger partial charge in [0.25, 0.3) is 5.91 Å². The van der Waals surface area contributed by atoms with Crippen LogP contribution in [0.1, 0.15) is 10.5 Å². The number of amides is 1. The quantitative estimate of drug-likeness (QED) is 0.713. The lowest BCUT2D eigenvalue weighted by Gasteiger charge is -2.08. The molecule has 0 unspecified atom stereocenters. The Bertz CT molecular complexity index is 880. The Morgan fingerprint density at radius 1 is 1.09 bits per heavy atom. The van der Waals surface area contributed by atoms with Gasteiger partial charge in [0.2, 0.25) is 0 Å². The van der Waals surface area contributed by atoms with Gasteiger partial charge in [-0.3, -0.25) is 9.78 Å². The lowest BCUT2D eigenvalue weighted by atomic mass is 10.1. The lowest BCUT2D eigenvalue weighted by molar-refractivity contribution is 0.102. The molecule has 110 valence electrons. The highest BCUT2D eigenvalue weighted by atomic mass is 19.1. The predicted molar refractivity (Wildman–Crippen MR) is 80.5 cm³/mol. The van der Waals surface area contributed by atoms with Gasteiger partial charge in [0.15, 0.2) is 0 Å². The monoisotopic (exact) mass is 299 g/mol. The number of nitrogen functional groups attached to an aromatic ring is 1. The topological polar surface area (TPSA) is 68.0 Å². The molecule has 0 aliphatic carbocycles. The number of anilines is 2. The van der Waals surface area contributed by atoms with Gasteiger partial charge in [-0.1, -0.05) is 0 Å². The number of pyridine rings is 1. The van der Waals surface area contributed by atoms with Crippen molar-refractivity contribution in [3.63, 3.8) is 0 Å². The van der Waals surface area contributed by atoms with Crippen LogP contribution < -0.4 is 11.1 Å². The van der Waals surface area contributed by atoms with Crippen LogP contribution in [0.4, 0.5) is 20.2 Å². The van der Waals surface area contributed by atoms with Crippen molar-refractivity contribution >= 4 is 28.1 Å². The van der Waals surface area contributed by atoms with Crippen LogP contribution in [-0.4, -0.2) is 10.9 Å². The number of fused-ring (bicyclic) bond motifs is 1. The second kappa shape index (κ2) is 5.40. The van der Waals surface area contributed by atoms with Crippen molar-refractivity contribution in [3.8, 4) is 0 Å². The minimum atomic E-state index is -0.723. The molecule has 0 fully saturated rings. The first-order valence-electron chi connectivity index (χ1n) is 6.45. The number of halogens is 2. The maximum absolute atomic E-state index is 13.6. The lowest BCUT2D eigenvalue weighted by Crippen LogP contribution is -2.15. The molecule has 2 aromatic carbocycles. The van der Waals surface area contributed by atoms with Gasteiger partial charge in [0.1, 0.15) is 17.3 Å². The third-order valence-corrected chi connectivity index (χ3v) is 3.18. The predicted octanol–water partition coefficient (Wildman–Crippen LogP) is 3.35. The molecule has 0 atom stereocenters. The maximum atomic E-state index is 13.6. The molecule has 0 aliphatic rings. The van der Waals surface area contributed by atoms with E-state index in [0.29, 0.717) is 11.1 Å². The van der Waals surface area contributed by atoms with E-state index in [2.05, 4.69) is 10.3 Å². The first kappa shape index (κ1) is 13.9. The first-order valence-corrected chi connectivity index (χ1v) is 6.45.